The zero-order valence-electron chi connectivity index (χ0n) is 15.3. The molecule has 0 bridgehead atoms. The summed E-state index contributed by atoms with van der Waals surface area (Å²) in [4.78, 5) is 23.1. The van der Waals surface area contributed by atoms with E-state index in [9.17, 15) is 14.9 Å². The molecule has 2 aromatic rings. The predicted octanol–water partition coefficient (Wildman–Crippen LogP) is 3.26. The van der Waals surface area contributed by atoms with Gasteiger partial charge in [-0.3, -0.25) is 14.9 Å². The van der Waals surface area contributed by atoms with Gasteiger partial charge in [-0.05, 0) is 42.7 Å². The fraction of sp³-hybridized carbons (Fsp3) is 0.350. The Morgan fingerprint density at radius 1 is 1.11 bits per heavy atom. The molecular formula is C20H21N3O5. The van der Waals surface area contributed by atoms with Crippen molar-refractivity contribution in [1.82, 2.24) is 5.32 Å². The second kappa shape index (κ2) is 7.75. The van der Waals surface area contributed by atoms with E-state index in [4.69, 9.17) is 9.47 Å². The van der Waals surface area contributed by atoms with Gasteiger partial charge < -0.3 is 20.1 Å². The molecule has 4 rings (SSSR count). The number of nitro groups is 1. The zero-order chi connectivity index (χ0) is 19.5. The van der Waals surface area contributed by atoms with Gasteiger partial charge in [0.15, 0.2) is 11.5 Å². The minimum absolute atomic E-state index is 0.127. The van der Waals surface area contributed by atoms with Crippen molar-refractivity contribution in [2.24, 2.45) is 0 Å². The van der Waals surface area contributed by atoms with E-state index < -0.39 is 4.92 Å². The number of nitro benzene ring substituents is 1. The molecule has 2 N–H and O–H groups in total. The Hall–Kier alpha value is -3.29. The molecule has 28 heavy (non-hydrogen) atoms. The minimum Gasteiger partial charge on any atom is -0.490 e. The van der Waals surface area contributed by atoms with Gasteiger partial charge in [-0.1, -0.05) is 6.07 Å². The van der Waals surface area contributed by atoms with Crippen molar-refractivity contribution in [3.8, 4) is 11.5 Å². The van der Waals surface area contributed by atoms with E-state index in [0.29, 0.717) is 42.5 Å². The van der Waals surface area contributed by atoms with Gasteiger partial charge in [0.2, 0.25) is 0 Å². The average Bonchev–Trinajstić information content (AvgIpc) is 3.52. The van der Waals surface area contributed by atoms with Crippen molar-refractivity contribution in [2.45, 2.75) is 31.8 Å². The highest BCUT2D eigenvalue weighted by Crippen LogP contribution is 2.31. The number of hydrogen-bond acceptors (Lipinski definition) is 6. The van der Waals surface area contributed by atoms with Gasteiger partial charge in [-0.25, -0.2) is 0 Å². The van der Waals surface area contributed by atoms with Crippen LogP contribution in [0.5, 0.6) is 11.5 Å². The van der Waals surface area contributed by atoms with Crippen LogP contribution in [-0.2, 0) is 6.54 Å². The highest BCUT2D eigenvalue weighted by atomic mass is 16.6. The summed E-state index contributed by atoms with van der Waals surface area (Å²) in [5.74, 6) is 1.11. The van der Waals surface area contributed by atoms with E-state index >= 15 is 0 Å². The third-order valence-electron chi connectivity index (χ3n) is 4.66. The van der Waals surface area contributed by atoms with Crippen LogP contribution in [0.3, 0.4) is 0 Å². The summed E-state index contributed by atoms with van der Waals surface area (Å²) in [6, 6.07) is 10.3. The summed E-state index contributed by atoms with van der Waals surface area (Å²) in [7, 11) is 0. The molecule has 0 aromatic heterocycles. The molecule has 0 atom stereocenters. The number of anilines is 1. The monoisotopic (exact) mass is 383 g/mol. The molecule has 1 aliphatic carbocycles. The van der Waals surface area contributed by atoms with E-state index in [-0.39, 0.29) is 17.6 Å². The van der Waals surface area contributed by atoms with Gasteiger partial charge >= 0.3 is 0 Å². The maximum absolute atomic E-state index is 12.1. The Balaban J connectivity index is 1.48. The minimum atomic E-state index is -0.482. The summed E-state index contributed by atoms with van der Waals surface area (Å²) in [6.07, 6.45) is 2.75. The molecular weight excluding hydrogens is 362 g/mol. The van der Waals surface area contributed by atoms with Gasteiger partial charge in [0.05, 0.1) is 18.1 Å². The summed E-state index contributed by atoms with van der Waals surface area (Å²) >= 11 is 0. The maximum Gasteiger partial charge on any atom is 0.293 e. The average molecular weight is 383 g/mol. The Bertz CT molecular complexity index is 911. The van der Waals surface area contributed by atoms with Crippen molar-refractivity contribution in [3.63, 3.8) is 0 Å². The van der Waals surface area contributed by atoms with Crippen LogP contribution in [0.4, 0.5) is 11.4 Å². The van der Waals surface area contributed by atoms with Gasteiger partial charge in [0.1, 0.15) is 5.69 Å². The predicted molar refractivity (Wildman–Crippen MR) is 103 cm³/mol. The first-order valence-corrected chi connectivity index (χ1v) is 9.32. The molecule has 2 aromatic carbocycles. The lowest BCUT2D eigenvalue weighted by atomic mass is 10.1. The summed E-state index contributed by atoms with van der Waals surface area (Å²) in [5.41, 5.74) is 1.44. The molecule has 146 valence electrons. The van der Waals surface area contributed by atoms with Crippen LogP contribution in [0.1, 0.15) is 35.2 Å². The number of hydrogen-bond donors (Lipinski definition) is 2. The maximum atomic E-state index is 12.1. The van der Waals surface area contributed by atoms with Crippen LogP contribution in [0, 0.1) is 10.1 Å². The number of carbonyl (C=O) groups excluding carboxylic acids is 1. The van der Waals surface area contributed by atoms with E-state index in [1.807, 2.05) is 18.2 Å². The topological polar surface area (TPSA) is 103 Å². The lowest BCUT2D eigenvalue weighted by Gasteiger charge is -2.12. The van der Waals surface area contributed by atoms with Crippen LogP contribution in [0.25, 0.3) is 0 Å². The first-order chi connectivity index (χ1) is 13.6. The van der Waals surface area contributed by atoms with Crippen LogP contribution in [0.2, 0.25) is 0 Å². The molecule has 1 fully saturated rings. The number of nitrogens with zero attached hydrogens (tertiary/aromatic N) is 1. The van der Waals surface area contributed by atoms with Gasteiger partial charge in [0.25, 0.3) is 11.6 Å². The molecule has 0 spiro atoms. The molecule has 0 unspecified atom stereocenters. The second-order valence-corrected chi connectivity index (χ2v) is 6.92. The Morgan fingerprint density at radius 2 is 1.89 bits per heavy atom. The van der Waals surface area contributed by atoms with E-state index in [1.165, 1.54) is 6.07 Å². The van der Waals surface area contributed by atoms with Crippen molar-refractivity contribution >= 4 is 17.3 Å². The Kier molecular flexibility index (Phi) is 5.01. The molecule has 1 heterocycles. The van der Waals surface area contributed by atoms with Crippen molar-refractivity contribution in [3.05, 3.63) is 57.6 Å². The highest BCUT2D eigenvalue weighted by molar-refractivity contribution is 5.96. The van der Waals surface area contributed by atoms with E-state index in [1.54, 1.807) is 12.1 Å². The summed E-state index contributed by atoms with van der Waals surface area (Å²) < 4.78 is 11.3. The third-order valence-corrected chi connectivity index (χ3v) is 4.66. The molecule has 1 amide bonds. The standard InChI is InChI=1S/C20H21N3O5/c24-20(22-15-4-5-15)14-3-6-16(17(11-14)23(25)26)21-12-13-2-7-18-19(10-13)28-9-1-8-27-18/h2-3,6-7,10-11,15,21H,1,4-5,8-9,12H2,(H,22,24). The number of ether oxygens (including phenoxy) is 2. The van der Waals surface area contributed by atoms with Gasteiger partial charge in [-0.2, -0.15) is 0 Å². The lowest BCUT2D eigenvalue weighted by molar-refractivity contribution is -0.384. The lowest BCUT2D eigenvalue weighted by Crippen LogP contribution is -2.25. The quantitative estimate of drug-likeness (QED) is 0.586. The van der Waals surface area contributed by atoms with E-state index in [2.05, 4.69) is 10.6 Å². The fourth-order valence-electron chi connectivity index (χ4n) is 2.98. The Morgan fingerprint density at radius 3 is 2.64 bits per heavy atom. The number of amides is 1. The van der Waals surface area contributed by atoms with Crippen LogP contribution in [-0.4, -0.2) is 30.1 Å². The zero-order valence-corrected chi connectivity index (χ0v) is 15.3. The van der Waals surface area contributed by atoms with Crippen LogP contribution < -0.4 is 20.1 Å². The number of benzene rings is 2. The normalized spacial score (nSPS) is 15.4. The first-order valence-electron chi connectivity index (χ1n) is 9.32. The van der Waals surface area contributed by atoms with E-state index in [0.717, 1.165) is 24.8 Å². The molecule has 0 saturated heterocycles. The molecule has 1 aliphatic heterocycles. The summed E-state index contributed by atoms with van der Waals surface area (Å²) in [5, 5.41) is 17.4. The number of nitrogens with one attached hydrogen (secondary N) is 2. The van der Waals surface area contributed by atoms with Crippen molar-refractivity contribution < 1.29 is 19.2 Å². The fourth-order valence-corrected chi connectivity index (χ4v) is 2.98. The van der Waals surface area contributed by atoms with Gasteiger partial charge in [-0.15, -0.1) is 0 Å². The smallest absolute Gasteiger partial charge is 0.293 e. The van der Waals surface area contributed by atoms with Crippen molar-refractivity contribution in [2.75, 3.05) is 18.5 Å². The molecule has 1 saturated carbocycles. The summed E-state index contributed by atoms with van der Waals surface area (Å²) in [6.45, 7) is 1.60. The SMILES string of the molecule is O=C(NC1CC1)c1ccc(NCc2ccc3c(c2)OCCCO3)c([N+](=O)[O-])c1. The molecule has 8 nitrogen and oxygen atoms in total. The highest BCUT2D eigenvalue weighted by Gasteiger charge is 2.25. The second-order valence-electron chi connectivity index (χ2n) is 6.92. The van der Waals surface area contributed by atoms with Gasteiger partial charge in [0, 0.05) is 30.6 Å². The number of fused-ring (bicyclic) bond motifs is 1. The Labute approximate surface area is 162 Å². The van der Waals surface area contributed by atoms with Crippen molar-refractivity contribution in [1.29, 1.82) is 0 Å². The van der Waals surface area contributed by atoms with Crippen LogP contribution in [0.15, 0.2) is 36.4 Å². The van der Waals surface area contributed by atoms with Crippen LogP contribution >= 0.6 is 0 Å². The number of rotatable bonds is 6. The molecule has 0 radical (unpaired) electrons. The largest absolute Gasteiger partial charge is 0.490 e. The molecule has 8 heteroatoms. The third kappa shape index (κ3) is 4.16. The molecule has 2 aliphatic rings. The first kappa shape index (κ1) is 18.1. The number of carbonyl (C=O) groups is 1.